The Hall–Kier alpha value is -2.93. The van der Waals surface area contributed by atoms with E-state index in [0.29, 0.717) is 18.2 Å². The molecule has 118 valence electrons. The van der Waals surface area contributed by atoms with Gasteiger partial charge in [-0.05, 0) is 24.3 Å². The minimum atomic E-state index is -0.176. The lowest BCUT2D eigenvalue weighted by Crippen LogP contribution is -2.21. The monoisotopic (exact) mass is 310 g/mol. The van der Waals surface area contributed by atoms with Crippen LogP contribution < -0.4 is 15.8 Å². The number of aromatic nitrogens is 4. The summed E-state index contributed by atoms with van der Waals surface area (Å²) in [5, 5.41) is 10.5. The summed E-state index contributed by atoms with van der Waals surface area (Å²) in [6.07, 6.45) is 3.42. The fourth-order valence-corrected chi connectivity index (χ4v) is 2.21. The first-order chi connectivity index (χ1) is 11.3. The molecule has 1 aromatic carbocycles. The van der Waals surface area contributed by atoms with Crippen molar-refractivity contribution in [1.82, 2.24) is 20.2 Å². The quantitative estimate of drug-likeness (QED) is 0.643. The van der Waals surface area contributed by atoms with Gasteiger partial charge in [0.05, 0.1) is 13.2 Å². The van der Waals surface area contributed by atoms with Gasteiger partial charge in [0.1, 0.15) is 11.6 Å². The van der Waals surface area contributed by atoms with E-state index in [1.165, 1.54) is 0 Å². The van der Waals surface area contributed by atoms with Gasteiger partial charge in [-0.25, -0.2) is 4.98 Å². The maximum atomic E-state index is 5.88. The average molecular weight is 310 g/mol. The van der Waals surface area contributed by atoms with Gasteiger partial charge in [0.25, 0.3) is 0 Å². The molecule has 4 N–H and O–H groups in total. The fraction of sp³-hybridized carbons (Fsp3) is 0.188. The number of nitrogens with zero attached hydrogens (tertiary/aromatic N) is 3. The first kappa shape index (κ1) is 15.0. The van der Waals surface area contributed by atoms with Crippen LogP contribution in [0, 0.1) is 0 Å². The first-order valence-electron chi connectivity index (χ1n) is 7.23. The number of aromatic amines is 1. The third kappa shape index (κ3) is 3.46. The van der Waals surface area contributed by atoms with Crippen molar-refractivity contribution in [1.29, 1.82) is 0 Å². The van der Waals surface area contributed by atoms with Crippen LogP contribution in [0.15, 0.2) is 48.8 Å². The summed E-state index contributed by atoms with van der Waals surface area (Å²) in [5.74, 6) is 2.08. The molecule has 0 aliphatic rings. The lowest BCUT2D eigenvalue weighted by Gasteiger charge is -2.16. The number of nitrogens with two attached hydrogens (primary N) is 1. The summed E-state index contributed by atoms with van der Waals surface area (Å²) in [4.78, 5) is 8.51. The second kappa shape index (κ2) is 6.89. The minimum absolute atomic E-state index is 0.176. The van der Waals surface area contributed by atoms with Crippen molar-refractivity contribution >= 4 is 5.69 Å². The van der Waals surface area contributed by atoms with Gasteiger partial charge in [-0.2, -0.15) is 5.10 Å². The van der Waals surface area contributed by atoms with E-state index in [9.17, 15) is 0 Å². The Bertz CT molecular complexity index is 758. The van der Waals surface area contributed by atoms with Gasteiger partial charge in [0.2, 0.25) is 0 Å². The van der Waals surface area contributed by atoms with Crippen LogP contribution in [0.25, 0.3) is 11.4 Å². The molecular weight excluding hydrogens is 292 g/mol. The molecule has 23 heavy (non-hydrogen) atoms. The van der Waals surface area contributed by atoms with E-state index in [1.54, 1.807) is 19.5 Å². The van der Waals surface area contributed by atoms with Gasteiger partial charge in [0.15, 0.2) is 5.82 Å². The standard InChI is InChI=1S/C16H18N6O/c1-23-13-4-2-3-12(9-13)19-14(10-17)16-20-15(21-22-16)11-5-7-18-8-6-11/h2-9,14,19H,10,17H2,1H3,(H,20,21,22). The van der Waals surface area contributed by atoms with Gasteiger partial charge in [-0.3, -0.25) is 10.1 Å². The minimum Gasteiger partial charge on any atom is -0.497 e. The average Bonchev–Trinajstić information content (AvgIpc) is 3.10. The van der Waals surface area contributed by atoms with Crippen LogP contribution >= 0.6 is 0 Å². The predicted molar refractivity (Wildman–Crippen MR) is 88.0 cm³/mol. The van der Waals surface area contributed by atoms with Crippen LogP contribution in [-0.4, -0.2) is 33.8 Å². The van der Waals surface area contributed by atoms with Crippen LogP contribution in [0.1, 0.15) is 11.9 Å². The second-order valence-corrected chi connectivity index (χ2v) is 4.94. The molecule has 0 bridgehead atoms. The van der Waals surface area contributed by atoms with E-state index >= 15 is 0 Å². The van der Waals surface area contributed by atoms with E-state index in [2.05, 4.69) is 25.5 Å². The normalized spacial score (nSPS) is 11.9. The van der Waals surface area contributed by atoms with Crippen LogP contribution in [0.3, 0.4) is 0 Å². The fourth-order valence-electron chi connectivity index (χ4n) is 2.21. The summed E-state index contributed by atoms with van der Waals surface area (Å²) in [7, 11) is 1.64. The summed E-state index contributed by atoms with van der Waals surface area (Å²) < 4.78 is 5.22. The summed E-state index contributed by atoms with van der Waals surface area (Å²) >= 11 is 0. The second-order valence-electron chi connectivity index (χ2n) is 4.94. The number of H-pyrrole nitrogens is 1. The number of benzene rings is 1. The summed E-state index contributed by atoms with van der Waals surface area (Å²) in [6.45, 7) is 0.377. The van der Waals surface area contributed by atoms with Crippen molar-refractivity contribution in [3.05, 3.63) is 54.6 Å². The van der Waals surface area contributed by atoms with Gasteiger partial charge in [-0.15, -0.1) is 0 Å². The van der Waals surface area contributed by atoms with Crippen molar-refractivity contribution in [3.8, 4) is 17.1 Å². The molecule has 0 aliphatic heterocycles. The molecule has 0 aliphatic carbocycles. The van der Waals surface area contributed by atoms with Crippen molar-refractivity contribution in [2.45, 2.75) is 6.04 Å². The topological polar surface area (TPSA) is 102 Å². The first-order valence-corrected chi connectivity index (χ1v) is 7.23. The van der Waals surface area contributed by atoms with Crippen molar-refractivity contribution in [2.75, 3.05) is 19.0 Å². The molecule has 2 aromatic heterocycles. The van der Waals surface area contributed by atoms with E-state index in [-0.39, 0.29) is 6.04 Å². The third-order valence-corrected chi connectivity index (χ3v) is 3.42. The van der Waals surface area contributed by atoms with Crippen molar-refractivity contribution in [3.63, 3.8) is 0 Å². The molecule has 0 fully saturated rings. The Morgan fingerprint density at radius 1 is 1.26 bits per heavy atom. The number of ether oxygens (including phenoxy) is 1. The van der Waals surface area contributed by atoms with E-state index in [0.717, 1.165) is 17.0 Å². The molecule has 7 nitrogen and oxygen atoms in total. The van der Waals surface area contributed by atoms with E-state index in [4.69, 9.17) is 10.5 Å². The number of anilines is 1. The molecule has 0 spiro atoms. The van der Waals surface area contributed by atoms with Crippen molar-refractivity contribution < 1.29 is 4.74 Å². The molecule has 3 rings (SSSR count). The zero-order chi connectivity index (χ0) is 16.1. The Balaban J connectivity index is 1.80. The zero-order valence-corrected chi connectivity index (χ0v) is 12.7. The lowest BCUT2D eigenvalue weighted by atomic mass is 10.2. The number of hydrogen-bond donors (Lipinski definition) is 3. The molecule has 0 amide bonds. The largest absolute Gasteiger partial charge is 0.497 e. The van der Waals surface area contributed by atoms with Crippen LogP contribution in [0.5, 0.6) is 5.75 Å². The highest BCUT2D eigenvalue weighted by Crippen LogP contribution is 2.22. The smallest absolute Gasteiger partial charge is 0.181 e. The van der Waals surface area contributed by atoms with Gasteiger partial charge >= 0.3 is 0 Å². The van der Waals surface area contributed by atoms with Gasteiger partial charge in [-0.1, -0.05) is 6.07 Å². The molecule has 7 heteroatoms. The maximum absolute atomic E-state index is 5.88. The van der Waals surface area contributed by atoms with Gasteiger partial charge in [0, 0.05) is 36.3 Å². The van der Waals surface area contributed by atoms with E-state index < -0.39 is 0 Å². The highest BCUT2D eigenvalue weighted by molar-refractivity contribution is 5.54. The third-order valence-electron chi connectivity index (χ3n) is 3.42. The number of methoxy groups -OCH3 is 1. The number of rotatable bonds is 6. The van der Waals surface area contributed by atoms with E-state index in [1.807, 2.05) is 36.4 Å². The van der Waals surface area contributed by atoms with Crippen LogP contribution in [0.4, 0.5) is 5.69 Å². The Morgan fingerprint density at radius 3 is 2.83 bits per heavy atom. The molecule has 0 saturated carbocycles. The Kier molecular flexibility index (Phi) is 4.49. The van der Waals surface area contributed by atoms with Crippen molar-refractivity contribution in [2.24, 2.45) is 5.73 Å². The molecule has 0 radical (unpaired) electrons. The molecular formula is C16H18N6O. The predicted octanol–water partition coefficient (Wildman–Crippen LogP) is 1.99. The molecule has 1 unspecified atom stereocenters. The number of hydrogen-bond acceptors (Lipinski definition) is 6. The van der Waals surface area contributed by atoms with Gasteiger partial charge < -0.3 is 15.8 Å². The maximum Gasteiger partial charge on any atom is 0.181 e. The Morgan fingerprint density at radius 2 is 2.09 bits per heavy atom. The summed E-state index contributed by atoms with van der Waals surface area (Å²) in [5.41, 5.74) is 7.69. The Labute approximate surface area is 133 Å². The summed E-state index contributed by atoms with van der Waals surface area (Å²) in [6, 6.07) is 11.2. The highest BCUT2D eigenvalue weighted by Gasteiger charge is 2.15. The van der Waals surface area contributed by atoms with Crippen LogP contribution in [-0.2, 0) is 0 Å². The van der Waals surface area contributed by atoms with Crippen LogP contribution in [0.2, 0.25) is 0 Å². The lowest BCUT2D eigenvalue weighted by molar-refractivity contribution is 0.415. The highest BCUT2D eigenvalue weighted by atomic mass is 16.5. The number of nitrogens with one attached hydrogen (secondary N) is 2. The molecule has 0 saturated heterocycles. The molecule has 3 aromatic rings. The number of pyridine rings is 1. The molecule has 2 heterocycles. The molecule has 1 atom stereocenters. The zero-order valence-electron chi connectivity index (χ0n) is 12.7. The SMILES string of the molecule is COc1cccc(NC(CN)c2nc(-c3ccncc3)n[nH]2)c1.